The number of aliphatic hydroxyl groups excluding tert-OH is 1. The third-order valence-corrected chi connectivity index (χ3v) is 2.63. The molecule has 2 rings (SSSR count). The van der Waals surface area contributed by atoms with Gasteiger partial charge in [-0.2, -0.15) is 0 Å². The first-order valence-corrected chi connectivity index (χ1v) is 4.16. The number of rotatable bonds is 2. The predicted molar refractivity (Wildman–Crippen MR) is 43.8 cm³/mol. The van der Waals surface area contributed by atoms with E-state index in [1.54, 1.807) is 7.11 Å². The highest BCUT2D eigenvalue weighted by Gasteiger charge is 2.60. The van der Waals surface area contributed by atoms with Crippen LogP contribution in [0.15, 0.2) is 0 Å². The molecule has 0 aromatic carbocycles. The second-order valence-corrected chi connectivity index (χ2v) is 3.54. The van der Waals surface area contributed by atoms with E-state index in [4.69, 9.17) is 14.2 Å². The molecule has 0 amide bonds. The predicted octanol–water partition coefficient (Wildman–Crippen LogP) is -1.88. The van der Waals surface area contributed by atoms with Crippen LogP contribution < -0.4 is 0 Å². The standard InChI is InChI=1S/C7H13BO4/c1-10-2-7-3-11-5(7)4(9)6(8)12-7/h4-6,9H,2-3,8H2,1H3. The van der Waals surface area contributed by atoms with Crippen LogP contribution in [0.5, 0.6) is 0 Å². The van der Waals surface area contributed by atoms with Gasteiger partial charge in [-0.15, -0.1) is 0 Å². The Hall–Kier alpha value is -0.0951. The molecule has 2 heterocycles. The van der Waals surface area contributed by atoms with Crippen molar-refractivity contribution in [1.82, 2.24) is 0 Å². The van der Waals surface area contributed by atoms with E-state index in [1.165, 1.54) is 0 Å². The Morgan fingerprint density at radius 3 is 2.92 bits per heavy atom. The average Bonchev–Trinajstić information content (AvgIpc) is 2.13. The number of aliphatic hydroxyl groups is 1. The second kappa shape index (κ2) is 2.70. The number of hydrogen-bond donors (Lipinski definition) is 1. The summed E-state index contributed by atoms with van der Waals surface area (Å²) < 4.78 is 15.9. The van der Waals surface area contributed by atoms with Crippen LogP contribution in [0.4, 0.5) is 0 Å². The summed E-state index contributed by atoms with van der Waals surface area (Å²) in [4.78, 5) is 0. The van der Waals surface area contributed by atoms with E-state index in [9.17, 15) is 5.11 Å². The summed E-state index contributed by atoms with van der Waals surface area (Å²) in [5.41, 5.74) is -0.367. The van der Waals surface area contributed by atoms with E-state index in [1.807, 2.05) is 7.85 Å². The van der Waals surface area contributed by atoms with Crippen LogP contribution in [0.25, 0.3) is 0 Å². The van der Waals surface area contributed by atoms with Gasteiger partial charge >= 0.3 is 0 Å². The van der Waals surface area contributed by atoms with Crippen LogP contribution in [-0.4, -0.2) is 57.1 Å². The van der Waals surface area contributed by atoms with Crippen LogP contribution in [-0.2, 0) is 14.2 Å². The Morgan fingerprint density at radius 1 is 1.75 bits per heavy atom. The zero-order valence-corrected chi connectivity index (χ0v) is 7.32. The molecule has 2 saturated heterocycles. The van der Waals surface area contributed by atoms with E-state index < -0.39 is 6.10 Å². The molecule has 0 aromatic rings. The maximum Gasteiger partial charge on any atom is 0.143 e. The molecule has 5 heteroatoms. The molecule has 4 nitrogen and oxygen atoms in total. The lowest BCUT2D eigenvalue weighted by molar-refractivity contribution is -0.242. The van der Waals surface area contributed by atoms with Crippen LogP contribution >= 0.6 is 0 Å². The highest BCUT2D eigenvalue weighted by Crippen LogP contribution is 2.40. The van der Waals surface area contributed by atoms with Crippen LogP contribution in [0, 0.1) is 0 Å². The SMILES string of the molecule is BC1OC2(COC)COC2C1O. The van der Waals surface area contributed by atoms with Gasteiger partial charge in [0.2, 0.25) is 0 Å². The van der Waals surface area contributed by atoms with Crippen molar-refractivity contribution in [3.05, 3.63) is 0 Å². The van der Waals surface area contributed by atoms with Gasteiger partial charge in [-0.3, -0.25) is 0 Å². The zero-order valence-electron chi connectivity index (χ0n) is 7.32. The molecule has 0 aliphatic carbocycles. The fraction of sp³-hybridized carbons (Fsp3) is 1.00. The maximum absolute atomic E-state index is 9.57. The topological polar surface area (TPSA) is 47.9 Å². The molecule has 0 spiro atoms. The fourth-order valence-corrected chi connectivity index (χ4v) is 1.96. The molecule has 12 heavy (non-hydrogen) atoms. The molecule has 0 aromatic heterocycles. The van der Waals surface area contributed by atoms with Crippen molar-refractivity contribution in [3.63, 3.8) is 0 Å². The minimum absolute atomic E-state index is 0.146. The monoisotopic (exact) mass is 172 g/mol. The van der Waals surface area contributed by atoms with Gasteiger partial charge in [0, 0.05) is 7.11 Å². The quantitative estimate of drug-likeness (QED) is 0.495. The van der Waals surface area contributed by atoms with Gasteiger partial charge in [0.05, 0.1) is 19.2 Å². The smallest absolute Gasteiger partial charge is 0.143 e. The molecule has 0 bridgehead atoms. The van der Waals surface area contributed by atoms with Crippen molar-refractivity contribution < 1.29 is 19.3 Å². The molecule has 4 atom stereocenters. The van der Waals surface area contributed by atoms with Crippen molar-refractivity contribution in [2.45, 2.75) is 23.8 Å². The highest BCUT2D eigenvalue weighted by molar-refractivity contribution is 6.11. The summed E-state index contributed by atoms with van der Waals surface area (Å²) in [6, 6.07) is -0.146. The minimum atomic E-state index is -0.506. The summed E-state index contributed by atoms with van der Waals surface area (Å²) in [5, 5.41) is 9.57. The summed E-state index contributed by atoms with van der Waals surface area (Å²) in [7, 11) is 3.48. The number of methoxy groups -OCH3 is 1. The van der Waals surface area contributed by atoms with Gasteiger partial charge in [-0.25, -0.2) is 0 Å². The average molecular weight is 172 g/mol. The zero-order chi connectivity index (χ0) is 8.77. The Labute approximate surface area is 72.2 Å². The first-order valence-electron chi connectivity index (χ1n) is 4.16. The molecule has 4 unspecified atom stereocenters. The second-order valence-electron chi connectivity index (χ2n) is 3.54. The maximum atomic E-state index is 9.57. The Kier molecular flexibility index (Phi) is 1.91. The van der Waals surface area contributed by atoms with E-state index >= 15 is 0 Å². The van der Waals surface area contributed by atoms with Crippen molar-refractivity contribution in [3.8, 4) is 0 Å². The number of ether oxygens (including phenoxy) is 3. The molecule has 2 aliphatic heterocycles. The van der Waals surface area contributed by atoms with Gasteiger partial charge in [0.15, 0.2) is 0 Å². The Morgan fingerprint density at radius 2 is 2.50 bits per heavy atom. The lowest BCUT2D eigenvalue weighted by atomic mass is 9.87. The molecule has 1 N–H and O–H groups in total. The summed E-state index contributed by atoms with van der Waals surface area (Å²) in [6.07, 6.45) is -0.693. The van der Waals surface area contributed by atoms with E-state index in [2.05, 4.69) is 0 Å². The Balaban J connectivity index is 2.09. The molecular weight excluding hydrogens is 159 g/mol. The minimum Gasteiger partial charge on any atom is -0.388 e. The molecular formula is C7H13BO4. The third-order valence-electron chi connectivity index (χ3n) is 2.63. The summed E-state index contributed by atoms with van der Waals surface area (Å²) in [6.45, 7) is 1.03. The van der Waals surface area contributed by atoms with Gasteiger partial charge in [0.1, 0.15) is 25.7 Å². The molecule has 2 aliphatic rings. The molecule has 0 saturated carbocycles. The fourth-order valence-electron chi connectivity index (χ4n) is 1.96. The van der Waals surface area contributed by atoms with Crippen LogP contribution in [0.2, 0.25) is 0 Å². The lowest BCUT2D eigenvalue weighted by Gasteiger charge is -2.43. The van der Waals surface area contributed by atoms with Crippen molar-refractivity contribution in [2.75, 3.05) is 20.3 Å². The largest absolute Gasteiger partial charge is 0.388 e. The first kappa shape index (κ1) is 8.50. The molecule has 0 radical (unpaired) electrons. The number of hydrogen-bond acceptors (Lipinski definition) is 4. The normalized spacial score (nSPS) is 51.7. The van der Waals surface area contributed by atoms with Crippen molar-refractivity contribution in [1.29, 1.82) is 0 Å². The Bertz CT molecular complexity index is 188. The molecule has 2 fully saturated rings. The van der Waals surface area contributed by atoms with E-state index in [0.717, 1.165) is 0 Å². The van der Waals surface area contributed by atoms with E-state index in [-0.39, 0.29) is 17.7 Å². The van der Waals surface area contributed by atoms with Crippen molar-refractivity contribution >= 4 is 7.85 Å². The van der Waals surface area contributed by atoms with Crippen LogP contribution in [0.3, 0.4) is 0 Å². The lowest BCUT2D eigenvalue weighted by Crippen LogP contribution is -2.61. The van der Waals surface area contributed by atoms with Gasteiger partial charge in [-0.1, -0.05) is 0 Å². The van der Waals surface area contributed by atoms with Gasteiger partial charge in [0.25, 0.3) is 0 Å². The van der Waals surface area contributed by atoms with E-state index in [0.29, 0.717) is 13.2 Å². The van der Waals surface area contributed by atoms with Crippen LogP contribution in [0.1, 0.15) is 0 Å². The number of fused-ring (bicyclic) bond motifs is 1. The third kappa shape index (κ3) is 0.940. The highest BCUT2D eigenvalue weighted by atomic mass is 16.7. The van der Waals surface area contributed by atoms with Crippen molar-refractivity contribution in [2.24, 2.45) is 0 Å². The summed E-state index contributed by atoms with van der Waals surface area (Å²) in [5.74, 6) is 0. The van der Waals surface area contributed by atoms with Gasteiger partial charge < -0.3 is 19.3 Å². The summed E-state index contributed by atoms with van der Waals surface area (Å²) >= 11 is 0. The van der Waals surface area contributed by atoms with Gasteiger partial charge in [-0.05, 0) is 0 Å². The first-order chi connectivity index (χ1) is 5.69. The molecule has 68 valence electrons.